The number of alkyl halides is 3. The lowest BCUT2D eigenvalue weighted by atomic mass is 10.1. The van der Waals surface area contributed by atoms with E-state index in [1.165, 1.54) is 61.5 Å². The molecule has 0 aliphatic heterocycles. The van der Waals surface area contributed by atoms with Gasteiger partial charge >= 0.3 is 6.18 Å². The number of benzene rings is 4. The summed E-state index contributed by atoms with van der Waals surface area (Å²) in [6.45, 7) is 1.48. The predicted molar refractivity (Wildman–Crippen MR) is 163 cm³/mol. The average molecular weight is 694 g/mol. The zero-order chi connectivity index (χ0) is 35.2. The molecule has 0 spiro atoms. The number of carbonyl (C=O) groups excluding carboxylic acids is 3. The van der Waals surface area contributed by atoms with Gasteiger partial charge in [0.25, 0.3) is 11.8 Å². The maximum Gasteiger partial charge on any atom is 0.422 e. The van der Waals surface area contributed by atoms with Gasteiger partial charge in [0.2, 0.25) is 5.91 Å². The number of amides is 3. The van der Waals surface area contributed by atoms with Gasteiger partial charge in [0.1, 0.15) is 22.8 Å². The summed E-state index contributed by atoms with van der Waals surface area (Å²) in [5.74, 6) is -13.7. The van der Waals surface area contributed by atoms with E-state index < -0.39 is 69.5 Å². The van der Waals surface area contributed by atoms with Gasteiger partial charge in [-0.1, -0.05) is 49.4 Å². The smallest absolute Gasteiger partial charge is 0.321 e. The molecule has 1 atom stereocenters. The third kappa shape index (κ3) is 8.39. The molecule has 0 saturated carbocycles. The highest BCUT2D eigenvalue weighted by Gasteiger charge is 2.42. The molecule has 3 N–H and O–H groups in total. The van der Waals surface area contributed by atoms with E-state index in [1.54, 1.807) is 23.5 Å². The minimum atomic E-state index is -5.75. The van der Waals surface area contributed by atoms with Crippen molar-refractivity contribution in [2.75, 3.05) is 10.6 Å². The van der Waals surface area contributed by atoms with Crippen LogP contribution < -0.4 is 16.0 Å². The average Bonchev–Trinajstić information content (AvgIpc) is 3.05. The fourth-order valence-electron chi connectivity index (χ4n) is 4.22. The highest BCUT2D eigenvalue weighted by Crippen LogP contribution is 2.39. The standard InChI is InChI=1S/C33H23F8N3O3S/c1-2-23(32(47)44-29-27(37)25(35)24(33(39,40)41)26(36)28(29)38)48-20-13-8-12-19(16-20)42-31(46)22(15-18-11-6-7-14-21(18)34)43-30(45)17-9-4-3-5-10-17/h3-16,23H,2H2,1H3,(H,42,46)(H,43,45)(H,44,47)/b22-15-. The summed E-state index contributed by atoms with van der Waals surface area (Å²) in [6.07, 6.45) is -4.64. The van der Waals surface area contributed by atoms with Gasteiger partial charge in [0.05, 0.1) is 5.25 Å². The Hall–Kier alpha value is -5.18. The van der Waals surface area contributed by atoms with E-state index in [9.17, 15) is 49.5 Å². The summed E-state index contributed by atoms with van der Waals surface area (Å²) >= 11 is 0.796. The minimum absolute atomic E-state index is 0.00204. The number of anilines is 2. The Labute approximate surface area is 272 Å². The van der Waals surface area contributed by atoms with Gasteiger partial charge < -0.3 is 16.0 Å². The van der Waals surface area contributed by atoms with Gasteiger partial charge in [0, 0.05) is 21.7 Å². The second-order valence-corrected chi connectivity index (χ2v) is 11.2. The van der Waals surface area contributed by atoms with Crippen LogP contribution in [0, 0.1) is 29.1 Å². The first kappa shape index (κ1) is 35.7. The molecule has 0 aliphatic rings. The SMILES string of the molecule is CCC(Sc1cccc(NC(=O)/C(=C/c2ccccc2F)NC(=O)c2ccccc2)c1)C(=O)Nc1c(F)c(F)c(C(F)(F)F)c(F)c1F. The topological polar surface area (TPSA) is 87.3 Å². The van der Waals surface area contributed by atoms with Gasteiger partial charge in [0.15, 0.2) is 23.3 Å². The fraction of sp³-hybridized carbons (Fsp3) is 0.121. The van der Waals surface area contributed by atoms with Gasteiger partial charge in [-0.2, -0.15) is 13.2 Å². The van der Waals surface area contributed by atoms with Crippen molar-refractivity contribution in [1.82, 2.24) is 5.32 Å². The number of hydrogen-bond acceptors (Lipinski definition) is 4. The van der Waals surface area contributed by atoms with Crippen molar-refractivity contribution in [2.45, 2.75) is 29.7 Å². The summed E-state index contributed by atoms with van der Waals surface area (Å²) in [4.78, 5) is 39.3. The largest absolute Gasteiger partial charge is 0.422 e. The molecule has 4 aromatic rings. The number of halogens is 8. The number of hydrogen-bond donors (Lipinski definition) is 3. The molecular formula is C33H23F8N3O3S. The molecule has 4 rings (SSSR count). The number of nitrogens with one attached hydrogen (secondary N) is 3. The van der Waals surface area contributed by atoms with Crippen molar-refractivity contribution in [3.8, 4) is 0 Å². The van der Waals surface area contributed by atoms with Crippen LogP contribution in [0.3, 0.4) is 0 Å². The molecule has 6 nitrogen and oxygen atoms in total. The summed E-state index contributed by atoms with van der Waals surface area (Å²) in [7, 11) is 0. The van der Waals surface area contributed by atoms with Crippen LogP contribution in [0.25, 0.3) is 6.08 Å². The van der Waals surface area contributed by atoms with Gasteiger partial charge in [-0.15, -0.1) is 11.8 Å². The van der Waals surface area contributed by atoms with Crippen LogP contribution in [0.2, 0.25) is 0 Å². The first-order chi connectivity index (χ1) is 22.7. The van der Waals surface area contributed by atoms with E-state index in [-0.39, 0.29) is 28.9 Å². The van der Waals surface area contributed by atoms with Gasteiger partial charge in [-0.25, -0.2) is 22.0 Å². The molecular weight excluding hydrogens is 670 g/mol. The number of thioether (sulfide) groups is 1. The van der Waals surface area contributed by atoms with Crippen molar-refractivity contribution < 1.29 is 49.5 Å². The molecule has 250 valence electrons. The lowest BCUT2D eigenvalue weighted by Gasteiger charge is -2.18. The molecule has 4 aromatic carbocycles. The zero-order valence-electron chi connectivity index (χ0n) is 24.5. The molecule has 0 radical (unpaired) electrons. The molecule has 15 heteroatoms. The minimum Gasteiger partial charge on any atom is -0.321 e. The Kier molecular flexibility index (Phi) is 11.3. The van der Waals surface area contributed by atoms with Crippen LogP contribution in [0.5, 0.6) is 0 Å². The van der Waals surface area contributed by atoms with E-state index >= 15 is 0 Å². The Bertz CT molecular complexity index is 1860. The monoisotopic (exact) mass is 693 g/mol. The third-order valence-corrected chi connectivity index (χ3v) is 7.92. The number of rotatable bonds is 10. The Morgan fingerprint density at radius 1 is 0.792 bits per heavy atom. The van der Waals surface area contributed by atoms with E-state index in [1.807, 2.05) is 0 Å². The second-order valence-electron chi connectivity index (χ2n) is 9.89. The molecule has 0 aromatic heterocycles. The molecule has 1 unspecified atom stereocenters. The number of carbonyl (C=O) groups is 3. The van der Waals surface area contributed by atoms with Crippen LogP contribution in [0.4, 0.5) is 46.5 Å². The summed E-state index contributed by atoms with van der Waals surface area (Å²) < 4.78 is 110. The third-order valence-electron chi connectivity index (χ3n) is 6.56. The van der Waals surface area contributed by atoms with Crippen LogP contribution in [-0.2, 0) is 15.8 Å². The van der Waals surface area contributed by atoms with E-state index in [0.29, 0.717) is 4.90 Å². The summed E-state index contributed by atoms with van der Waals surface area (Å²) in [5, 5.41) is 5.45. The van der Waals surface area contributed by atoms with Crippen molar-refractivity contribution >= 4 is 46.9 Å². The first-order valence-electron chi connectivity index (χ1n) is 13.9. The molecule has 0 saturated heterocycles. The van der Waals surface area contributed by atoms with Crippen LogP contribution in [-0.4, -0.2) is 23.0 Å². The van der Waals surface area contributed by atoms with Gasteiger partial charge in [-0.3, -0.25) is 14.4 Å². The zero-order valence-corrected chi connectivity index (χ0v) is 25.3. The maximum absolute atomic E-state index is 14.4. The van der Waals surface area contributed by atoms with E-state index in [0.717, 1.165) is 23.9 Å². The summed E-state index contributed by atoms with van der Waals surface area (Å²) in [5.41, 5.74) is -4.47. The molecule has 0 heterocycles. The highest BCUT2D eigenvalue weighted by molar-refractivity contribution is 8.00. The molecule has 3 amide bonds. The van der Waals surface area contributed by atoms with Crippen molar-refractivity contribution in [2.24, 2.45) is 0 Å². The lowest BCUT2D eigenvalue weighted by molar-refractivity contribution is -0.143. The first-order valence-corrected chi connectivity index (χ1v) is 14.7. The van der Waals surface area contributed by atoms with Crippen LogP contribution >= 0.6 is 11.8 Å². The normalized spacial score (nSPS) is 12.3. The fourth-order valence-corrected chi connectivity index (χ4v) is 5.23. The Morgan fingerprint density at radius 2 is 1.42 bits per heavy atom. The van der Waals surface area contributed by atoms with Crippen LogP contribution in [0.15, 0.2) is 89.5 Å². The van der Waals surface area contributed by atoms with Gasteiger partial charge in [-0.05, 0) is 48.9 Å². The molecule has 48 heavy (non-hydrogen) atoms. The maximum atomic E-state index is 14.4. The Balaban J connectivity index is 1.54. The van der Waals surface area contributed by atoms with Crippen LogP contribution in [0.1, 0.15) is 34.8 Å². The molecule has 0 aliphatic carbocycles. The van der Waals surface area contributed by atoms with Crippen molar-refractivity contribution in [1.29, 1.82) is 0 Å². The molecule has 0 fully saturated rings. The summed E-state index contributed by atoms with van der Waals surface area (Å²) in [6, 6.07) is 19.2. The quantitative estimate of drug-likeness (QED) is 0.0675. The van der Waals surface area contributed by atoms with Crippen molar-refractivity contribution in [3.05, 3.63) is 130 Å². The lowest BCUT2D eigenvalue weighted by Crippen LogP contribution is -2.30. The Morgan fingerprint density at radius 3 is 2.02 bits per heavy atom. The molecule has 0 bridgehead atoms. The highest BCUT2D eigenvalue weighted by atomic mass is 32.2. The van der Waals surface area contributed by atoms with E-state index in [2.05, 4.69) is 10.6 Å². The van der Waals surface area contributed by atoms with Crippen molar-refractivity contribution in [3.63, 3.8) is 0 Å². The predicted octanol–water partition coefficient (Wildman–Crippen LogP) is 8.32. The van der Waals surface area contributed by atoms with E-state index in [4.69, 9.17) is 0 Å². The second kappa shape index (κ2) is 15.2.